The van der Waals surface area contributed by atoms with Crippen molar-refractivity contribution in [3.63, 3.8) is 0 Å². The third-order valence-corrected chi connectivity index (χ3v) is 4.33. The van der Waals surface area contributed by atoms with Gasteiger partial charge >= 0.3 is 0 Å². The minimum Gasteiger partial charge on any atom is -0.361 e. The summed E-state index contributed by atoms with van der Waals surface area (Å²) in [5.41, 5.74) is 3.00. The molecule has 0 fully saturated rings. The minimum atomic E-state index is 0.764. The molecule has 3 aromatic heterocycles. The molecule has 0 atom stereocenters. The van der Waals surface area contributed by atoms with Gasteiger partial charge in [0.1, 0.15) is 5.76 Å². The molecule has 0 bridgehead atoms. The van der Waals surface area contributed by atoms with E-state index in [4.69, 9.17) is 4.52 Å². The molecule has 0 spiro atoms. The van der Waals surface area contributed by atoms with Crippen LogP contribution in [0, 0.1) is 13.8 Å². The summed E-state index contributed by atoms with van der Waals surface area (Å²) in [6, 6.07) is 3.86. The maximum atomic E-state index is 5.17. The van der Waals surface area contributed by atoms with Gasteiger partial charge in [-0.2, -0.15) is 0 Å². The zero-order chi connectivity index (χ0) is 14.8. The van der Waals surface area contributed by atoms with E-state index in [1.165, 1.54) is 0 Å². The summed E-state index contributed by atoms with van der Waals surface area (Å²) in [5, 5.41) is 13.3. The van der Waals surface area contributed by atoms with Gasteiger partial charge in [-0.05, 0) is 26.0 Å². The number of hydrogen-bond acceptors (Lipinski definition) is 6. The number of aryl methyl sites for hydroxylation is 2. The molecule has 108 valence electrons. The van der Waals surface area contributed by atoms with E-state index in [1.807, 2.05) is 37.6 Å². The van der Waals surface area contributed by atoms with E-state index in [0.717, 1.165) is 39.3 Å². The topological polar surface area (TPSA) is 69.6 Å². The first-order chi connectivity index (χ1) is 10.2. The second-order valence-electron chi connectivity index (χ2n) is 4.70. The fourth-order valence-corrected chi connectivity index (χ4v) is 3.10. The zero-order valence-corrected chi connectivity index (χ0v) is 12.9. The molecule has 0 aromatic carbocycles. The van der Waals surface area contributed by atoms with E-state index in [0.29, 0.717) is 0 Å². The molecule has 0 saturated heterocycles. The first-order valence-corrected chi connectivity index (χ1v) is 7.49. The van der Waals surface area contributed by atoms with E-state index in [1.54, 1.807) is 24.2 Å². The summed E-state index contributed by atoms with van der Waals surface area (Å²) in [5.74, 6) is 2.43. The van der Waals surface area contributed by atoms with Gasteiger partial charge in [-0.3, -0.25) is 4.98 Å². The van der Waals surface area contributed by atoms with Crippen LogP contribution in [0.3, 0.4) is 0 Å². The second-order valence-corrected chi connectivity index (χ2v) is 5.64. The lowest BCUT2D eigenvalue weighted by molar-refractivity contribution is 0.392. The van der Waals surface area contributed by atoms with Crippen LogP contribution in [-0.2, 0) is 12.8 Å². The smallest absolute Gasteiger partial charge is 0.191 e. The standard InChI is InChI=1S/C14H15N5OS/c1-9-12(10(2)20-18-9)8-21-14-17-16-13(19(14)3)11-5-4-6-15-7-11/h4-7H,8H2,1-3H3. The number of pyridine rings is 1. The van der Waals surface area contributed by atoms with Crippen molar-refractivity contribution in [2.24, 2.45) is 7.05 Å². The second kappa shape index (κ2) is 5.69. The molecule has 0 amide bonds. The van der Waals surface area contributed by atoms with E-state index in [9.17, 15) is 0 Å². The highest BCUT2D eigenvalue weighted by Crippen LogP contribution is 2.27. The van der Waals surface area contributed by atoms with Gasteiger partial charge in [-0.15, -0.1) is 10.2 Å². The molecule has 0 aliphatic heterocycles. The Balaban J connectivity index is 1.80. The van der Waals surface area contributed by atoms with Gasteiger partial charge in [0.15, 0.2) is 11.0 Å². The highest BCUT2D eigenvalue weighted by molar-refractivity contribution is 7.98. The Kier molecular flexibility index (Phi) is 3.74. The zero-order valence-electron chi connectivity index (χ0n) is 12.1. The molecule has 3 rings (SSSR count). The van der Waals surface area contributed by atoms with Crippen LogP contribution in [0.1, 0.15) is 17.0 Å². The van der Waals surface area contributed by atoms with Crippen molar-refractivity contribution >= 4 is 11.8 Å². The molecule has 6 nitrogen and oxygen atoms in total. The van der Waals surface area contributed by atoms with Gasteiger partial charge in [-0.1, -0.05) is 16.9 Å². The van der Waals surface area contributed by atoms with E-state index < -0.39 is 0 Å². The molecule has 3 heterocycles. The molecular formula is C14H15N5OS. The van der Waals surface area contributed by atoms with Crippen molar-refractivity contribution in [3.8, 4) is 11.4 Å². The number of rotatable bonds is 4. The molecule has 7 heteroatoms. The van der Waals surface area contributed by atoms with E-state index in [-0.39, 0.29) is 0 Å². The Morgan fingerprint density at radius 3 is 2.81 bits per heavy atom. The van der Waals surface area contributed by atoms with Gasteiger partial charge in [0.25, 0.3) is 0 Å². The van der Waals surface area contributed by atoms with Crippen molar-refractivity contribution in [2.75, 3.05) is 0 Å². The SMILES string of the molecule is Cc1noc(C)c1CSc1nnc(-c2cccnc2)n1C. The normalized spacial score (nSPS) is 11.0. The molecule has 0 saturated carbocycles. The Morgan fingerprint density at radius 1 is 1.29 bits per heavy atom. The maximum absolute atomic E-state index is 5.17. The molecule has 3 aromatic rings. The minimum absolute atomic E-state index is 0.764. The lowest BCUT2D eigenvalue weighted by Gasteiger charge is -2.03. The third kappa shape index (κ3) is 2.69. The average Bonchev–Trinajstić information content (AvgIpc) is 3.02. The Morgan fingerprint density at radius 2 is 2.14 bits per heavy atom. The average molecular weight is 301 g/mol. The van der Waals surface area contributed by atoms with E-state index >= 15 is 0 Å². The van der Waals surface area contributed by atoms with Crippen molar-refractivity contribution < 1.29 is 4.52 Å². The fraction of sp³-hybridized carbons (Fsp3) is 0.286. The molecule has 0 N–H and O–H groups in total. The van der Waals surface area contributed by atoms with Crippen molar-refractivity contribution in [1.29, 1.82) is 0 Å². The highest BCUT2D eigenvalue weighted by Gasteiger charge is 2.14. The predicted molar refractivity (Wildman–Crippen MR) is 79.8 cm³/mol. The Labute approximate surface area is 126 Å². The third-order valence-electron chi connectivity index (χ3n) is 3.28. The highest BCUT2D eigenvalue weighted by atomic mass is 32.2. The van der Waals surface area contributed by atoms with Crippen LogP contribution in [0.5, 0.6) is 0 Å². The van der Waals surface area contributed by atoms with Crippen molar-refractivity contribution in [1.82, 2.24) is 24.9 Å². The van der Waals surface area contributed by atoms with Gasteiger partial charge < -0.3 is 9.09 Å². The summed E-state index contributed by atoms with van der Waals surface area (Å²) >= 11 is 1.62. The first kappa shape index (κ1) is 13.8. The van der Waals surface area contributed by atoms with E-state index in [2.05, 4.69) is 20.3 Å². The predicted octanol–water partition coefficient (Wildman–Crippen LogP) is 2.77. The Bertz CT molecular complexity index is 731. The molecule has 0 aliphatic rings. The van der Waals surface area contributed by atoms with Crippen LogP contribution >= 0.6 is 11.8 Å². The van der Waals surface area contributed by atoms with Gasteiger partial charge in [0.05, 0.1) is 5.69 Å². The summed E-state index contributed by atoms with van der Waals surface area (Å²) in [6.07, 6.45) is 3.53. The molecule has 0 aliphatic carbocycles. The number of thioether (sulfide) groups is 1. The first-order valence-electron chi connectivity index (χ1n) is 6.51. The lowest BCUT2D eigenvalue weighted by Crippen LogP contribution is -1.95. The van der Waals surface area contributed by atoms with Crippen LogP contribution in [0.2, 0.25) is 0 Å². The summed E-state index contributed by atoms with van der Waals surface area (Å²) < 4.78 is 7.15. The summed E-state index contributed by atoms with van der Waals surface area (Å²) in [7, 11) is 1.96. The number of nitrogens with zero attached hydrogens (tertiary/aromatic N) is 5. The lowest BCUT2D eigenvalue weighted by atomic mass is 10.2. The van der Waals surface area contributed by atoms with Crippen LogP contribution < -0.4 is 0 Å². The van der Waals surface area contributed by atoms with Crippen molar-refractivity contribution in [3.05, 3.63) is 41.5 Å². The molecule has 0 unspecified atom stereocenters. The van der Waals surface area contributed by atoms with Gasteiger partial charge in [0.2, 0.25) is 0 Å². The van der Waals surface area contributed by atoms with Gasteiger partial charge in [0, 0.05) is 36.3 Å². The summed E-state index contributed by atoms with van der Waals surface area (Å²) in [6.45, 7) is 3.87. The quantitative estimate of drug-likeness (QED) is 0.690. The van der Waals surface area contributed by atoms with Crippen molar-refractivity contribution in [2.45, 2.75) is 24.8 Å². The number of aromatic nitrogens is 5. The van der Waals surface area contributed by atoms with Gasteiger partial charge in [-0.25, -0.2) is 0 Å². The fourth-order valence-electron chi connectivity index (χ4n) is 2.03. The summed E-state index contributed by atoms with van der Waals surface area (Å²) in [4.78, 5) is 4.11. The largest absolute Gasteiger partial charge is 0.361 e. The Hall–Kier alpha value is -2.15. The maximum Gasteiger partial charge on any atom is 0.191 e. The van der Waals surface area contributed by atoms with Crippen LogP contribution in [0.15, 0.2) is 34.2 Å². The van der Waals surface area contributed by atoms with Crippen LogP contribution in [0.25, 0.3) is 11.4 Å². The molecule has 0 radical (unpaired) electrons. The number of hydrogen-bond donors (Lipinski definition) is 0. The van der Waals surface area contributed by atoms with Crippen LogP contribution in [-0.4, -0.2) is 24.9 Å². The molecule has 21 heavy (non-hydrogen) atoms. The monoisotopic (exact) mass is 301 g/mol. The molecular weight excluding hydrogens is 286 g/mol. The van der Waals surface area contributed by atoms with Crippen LogP contribution in [0.4, 0.5) is 0 Å².